The topological polar surface area (TPSA) is 55.4 Å². The van der Waals surface area contributed by atoms with Crippen LogP contribution in [-0.2, 0) is 6.54 Å². The number of carbonyl (C=O) groups excluding carboxylic acids is 1. The molecule has 3 aromatic rings. The summed E-state index contributed by atoms with van der Waals surface area (Å²) in [5.74, 6) is 0.0148. The highest BCUT2D eigenvalue weighted by molar-refractivity contribution is 5.93. The zero-order valence-electron chi connectivity index (χ0n) is 13.1. The Morgan fingerprint density at radius 1 is 1.39 bits per heavy atom. The smallest absolute Gasteiger partial charge is 0.274 e. The second-order valence-electron chi connectivity index (χ2n) is 6.12. The molecule has 0 aromatic carbocycles. The number of carbonyl (C=O) groups is 1. The molecular formula is C17H19N5O. The lowest BCUT2D eigenvalue weighted by atomic mass is 10.2. The molecule has 6 nitrogen and oxygen atoms in total. The lowest BCUT2D eigenvalue weighted by Gasteiger charge is -2.23. The van der Waals surface area contributed by atoms with Gasteiger partial charge in [-0.2, -0.15) is 5.10 Å². The van der Waals surface area contributed by atoms with Gasteiger partial charge in [0.05, 0.1) is 12.6 Å². The number of pyridine rings is 1. The SMILES string of the molecule is Cc1ccn2cc(C(=O)N3CCC[C@H]3Cn3cccn3)nc2c1. The maximum Gasteiger partial charge on any atom is 0.274 e. The van der Waals surface area contributed by atoms with E-state index in [0.717, 1.165) is 37.1 Å². The van der Waals surface area contributed by atoms with Gasteiger partial charge in [0, 0.05) is 31.3 Å². The van der Waals surface area contributed by atoms with Gasteiger partial charge in [-0.15, -0.1) is 0 Å². The first-order chi connectivity index (χ1) is 11.2. The quantitative estimate of drug-likeness (QED) is 0.745. The summed E-state index contributed by atoms with van der Waals surface area (Å²) in [6, 6.07) is 6.10. The second kappa shape index (κ2) is 5.53. The average molecular weight is 309 g/mol. The Kier molecular flexibility index (Phi) is 3.37. The van der Waals surface area contributed by atoms with Crippen molar-refractivity contribution in [2.75, 3.05) is 6.54 Å². The van der Waals surface area contributed by atoms with E-state index in [-0.39, 0.29) is 11.9 Å². The van der Waals surface area contributed by atoms with Crippen LogP contribution in [0, 0.1) is 6.92 Å². The van der Waals surface area contributed by atoms with Gasteiger partial charge < -0.3 is 9.30 Å². The van der Waals surface area contributed by atoms with Crippen molar-refractivity contribution >= 4 is 11.6 Å². The number of amides is 1. The van der Waals surface area contributed by atoms with E-state index in [1.807, 2.05) is 57.7 Å². The molecular weight excluding hydrogens is 290 g/mol. The maximum absolute atomic E-state index is 12.9. The van der Waals surface area contributed by atoms with Crippen molar-refractivity contribution in [2.45, 2.75) is 32.4 Å². The summed E-state index contributed by atoms with van der Waals surface area (Å²) < 4.78 is 3.79. The van der Waals surface area contributed by atoms with Crippen LogP contribution in [-0.4, -0.2) is 42.6 Å². The van der Waals surface area contributed by atoms with E-state index >= 15 is 0 Å². The monoisotopic (exact) mass is 309 g/mol. The van der Waals surface area contributed by atoms with Crippen LogP contribution in [0.15, 0.2) is 43.0 Å². The molecule has 1 saturated heterocycles. The first-order valence-electron chi connectivity index (χ1n) is 7.94. The Morgan fingerprint density at radius 2 is 2.30 bits per heavy atom. The minimum atomic E-state index is 0.0148. The number of hydrogen-bond donors (Lipinski definition) is 0. The van der Waals surface area contributed by atoms with Gasteiger partial charge in [0.1, 0.15) is 11.3 Å². The number of likely N-dealkylation sites (tertiary alicyclic amines) is 1. The lowest BCUT2D eigenvalue weighted by molar-refractivity contribution is 0.0716. The predicted molar refractivity (Wildman–Crippen MR) is 86.2 cm³/mol. The first kappa shape index (κ1) is 14.0. The minimum absolute atomic E-state index is 0.0148. The van der Waals surface area contributed by atoms with Crippen LogP contribution >= 0.6 is 0 Å². The molecule has 6 heteroatoms. The molecule has 0 saturated carbocycles. The Labute approximate surface area is 134 Å². The summed E-state index contributed by atoms with van der Waals surface area (Å²) in [6.45, 7) is 3.56. The predicted octanol–water partition coefficient (Wildman–Crippen LogP) is 2.14. The Morgan fingerprint density at radius 3 is 3.13 bits per heavy atom. The zero-order valence-corrected chi connectivity index (χ0v) is 13.1. The summed E-state index contributed by atoms with van der Waals surface area (Å²) in [6.07, 6.45) is 9.52. The van der Waals surface area contributed by atoms with Crippen molar-refractivity contribution in [2.24, 2.45) is 0 Å². The molecule has 0 aliphatic carbocycles. The third-order valence-electron chi connectivity index (χ3n) is 4.43. The van der Waals surface area contributed by atoms with E-state index in [0.29, 0.717) is 5.69 Å². The third-order valence-corrected chi connectivity index (χ3v) is 4.43. The highest BCUT2D eigenvalue weighted by Crippen LogP contribution is 2.21. The van der Waals surface area contributed by atoms with Gasteiger partial charge in [-0.25, -0.2) is 4.98 Å². The van der Waals surface area contributed by atoms with E-state index in [1.54, 1.807) is 6.20 Å². The van der Waals surface area contributed by atoms with Gasteiger partial charge in [-0.3, -0.25) is 9.48 Å². The first-order valence-corrected chi connectivity index (χ1v) is 7.94. The Bertz CT molecular complexity index is 836. The van der Waals surface area contributed by atoms with Gasteiger partial charge in [0.25, 0.3) is 5.91 Å². The van der Waals surface area contributed by atoms with E-state index in [9.17, 15) is 4.79 Å². The number of nitrogens with zero attached hydrogens (tertiary/aromatic N) is 5. The number of hydrogen-bond acceptors (Lipinski definition) is 3. The van der Waals surface area contributed by atoms with Crippen molar-refractivity contribution < 1.29 is 4.79 Å². The molecule has 1 aliphatic heterocycles. The van der Waals surface area contributed by atoms with Crippen molar-refractivity contribution in [1.29, 1.82) is 0 Å². The van der Waals surface area contributed by atoms with Crippen LogP contribution in [0.4, 0.5) is 0 Å². The fourth-order valence-corrected chi connectivity index (χ4v) is 3.25. The van der Waals surface area contributed by atoms with Crippen LogP contribution in [0.2, 0.25) is 0 Å². The summed E-state index contributed by atoms with van der Waals surface area (Å²) in [5, 5.41) is 4.25. The van der Waals surface area contributed by atoms with Gasteiger partial charge in [-0.1, -0.05) is 0 Å². The highest BCUT2D eigenvalue weighted by Gasteiger charge is 2.31. The van der Waals surface area contributed by atoms with Crippen LogP contribution in [0.3, 0.4) is 0 Å². The Balaban J connectivity index is 1.58. The molecule has 4 heterocycles. The van der Waals surface area contributed by atoms with Gasteiger partial charge in [-0.05, 0) is 43.5 Å². The van der Waals surface area contributed by atoms with Gasteiger partial charge >= 0.3 is 0 Å². The van der Waals surface area contributed by atoms with E-state index in [1.165, 1.54) is 0 Å². The summed E-state index contributed by atoms with van der Waals surface area (Å²) >= 11 is 0. The summed E-state index contributed by atoms with van der Waals surface area (Å²) in [5.41, 5.74) is 2.47. The van der Waals surface area contributed by atoms with Gasteiger partial charge in [0.2, 0.25) is 0 Å². The normalized spacial score (nSPS) is 18.0. The molecule has 23 heavy (non-hydrogen) atoms. The Hall–Kier alpha value is -2.63. The van der Waals surface area contributed by atoms with Crippen LogP contribution in [0.5, 0.6) is 0 Å². The number of aromatic nitrogens is 4. The van der Waals surface area contributed by atoms with Crippen molar-refractivity contribution in [3.05, 3.63) is 54.2 Å². The third kappa shape index (κ3) is 2.60. The van der Waals surface area contributed by atoms with E-state index in [2.05, 4.69) is 10.1 Å². The standard InChI is InChI=1S/C17H19N5O/c1-13-5-9-20-12-15(19-16(20)10-13)17(23)22-8-2-4-14(22)11-21-7-3-6-18-21/h3,5-7,9-10,12,14H,2,4,8,11H2,1H3/t14-/m0/s1. The molecule has 0 bridgehead atoms. The number of imidazole rings is 1. The fourth-order valence-electron chi connectivity index (χ4n) is 3.25. The molecule has 0 radical (unpaired) electrons. The molecule has 118 valence electrons. The fraction of sp³-hybridized carbons (Fsp3) is 0.353. The van der Waals surface area contributed by atoms with Crippen LogP contribution in [0.1, 0.15) is 28.9 Å². The molecule has 1 amide bonds. The maximum atomic E-state index is 12.9. The summed E-state index contributed by atoms with van der Waals surface area (Å²) in [4.78, 5) is 19.3. The van der Waals surface area contributed by atoms with Crippen LogP contribution in [0.25, 0.3) is 5.65 Å². The largest absolute Gasteiger partial charge is 0.332 e. The number of rotatable bonds is 3. The number of fused-ring (bicyclic) bond motifs is 1. The van der Waals surface area contributed by atoms with E-state index in [4.69, 9.17) is 0 Å². The average Bonchev–Trinajstić information content (AvgIpc) is 3.26. The minimum Gasteiger partial charge on any atom is -0.332 e. The van der Waals surface area contributed by atoms with Crippen molar-refractivity contribution in [3.63, 3.8) is 0 Å². The molecule has 3 aromatic heterocycles. The zero-order chi connectivity index (χ0) is 15.8. The number of aryl methyl sites for hydroxylation is 1. The molecule has 0 N–H and O–H groups in total. The second-order valence-corrected chi connectivity index (χ2v) is 6.12. The van der Waals surface area contributed by atoms with Crippen molar-refractivity contribution in [1.82, 2.24) is 24.1 Å². The summed E-state index contributed by atoms with van der Waals surface area (Å²) in [7, 11) is 0. The molecule has 1 aliphatic rings. The van der Waals surface area contributed by atoms with Crippen LogP contribution < -0.4 is 0 Å². The van der Waals surface area contributed by atoms with E-state index < -0.39 is 0 Å². The molecule has 0 unspecified atom stereocenters. The lowest BCUT2D eigenvalue weighted by Crippen LogP contribution is -2.38. The van der Waals surface area contributed by atoms with Gasteiger partial charge in [0.15, 0.2) is 0 Å². The van der Waals surface area contributed by atoms with Crippen molar-refractivity contribution in [3.8, 4) is 0 Å². The highest BCUT2D eigenvalue weighted by atomic mass is 16.2. The molecule has 0 spiro atoms. The molecule has 4 rings (SSSR count). The molecule has 1 fully saturated rings. The molecule has 1 atom stereocenters.